The highest BCUT2D eigenvalue weighted by Crippen LogP contribution is 2.23. The van der Waals surface area contributed by atoms with Crippen LogP contribution in [0.4, 0.5) is 11.4 Å². The number of nitrogens with one attached hydrogen (secondary N) is 2. The lowest BCUT2D eigenvalue weighted by atomic mass is 10.2. The fraction of sp³-hybridized carbons (Fsp3) is 0.158. The van der Waals surface area contributed by atoms with Crippen LogP contribution in [0.2, 0.25) is 5.02 Å². The average Bonchev–Trinajstić information content (AvgIpc) is 3.01. The molecule has 9 heteroatoms. The molecule has 0 spiro atoms. The lowest BCUT2D eigenvalue weighted by Gasteiger charge is -2.09. The molecule has 2 N–H and O–H groups in total. The first-order valence-electron chi connectivity index (χ1n) is 8.37. The van der Waals surface area contributed by atoms with Gasteiger partial charge in [0, 0.05) is 20.9 Å². The van der Waals surface area contributed by atoms with Gasteiger partial charge in [0.1, 0.15) is 6.54 Å². The largest absolute Gasteiger partial charge is 0.324 e. The van der Waals surface area contributed by atoms with Crippen molar-refractivity contribution in [3.63, 3.8) is 0 Å². The van der Waals surface area contributed by atoms with Crippen molar-refractivity contribution in [1.82, 2.24) is 15.0 Å². The van der Waals surface area contributed by atoms with Gasteiger partial charge in [-0.05, 0) is 55.8 Å². The first-order valence-corrected chi connectivity index (χ1v) is 9.54. The third-order valence-electron chi connectivity index (χ3n) is 4.13. The first-order chi connectivity index (χ1) is 13.3. The molecule has 144 valence electrons. The van der Waals surface area contributed by atoms with Crippen LogP contribution in [-0.4, -0.2) is 26.8 Å². The summed E-state index contributed by atoms with van der Waals surface area (Å²) < 4.78 is 2.30. The van der Waals surface area contributed by atoms with Gasteiger partial charge in [-0.25, -0.2) is 4.68 Å². The number of rotatable bonds is 5. The molecular formula is C19H17BrClN5O2. The fourth-order valence-corrected chi connectivity index (χ4v) is 2.95. The molecule has 0 atom stereocenters. The number of aromatic nitrogens is 3. The SMILES string of the molecule is Cc1c(Cl)cccc1NC(=O)c1nnn(CC(=O)Nc2ccc(Br)cc2)c1C. The Balaban J connectivity index is 1.69. The van der Waals surface area contributed by atoms with Gasteiger partial charge in [0.05, 0.1) is 5.69 Å². The number of amides is 2. The molecule has 2 amide bonds. The van der Waals surface area contributed by atoms with E-state index >= 15 is 0 Å². The van der Waals surface area contributed by atoms with Crippen molar-refractivity contribution in [2.75, 3.05) is 10.6 Å². The van der Waals surface area contributed by atoms with Gasteiger partial charge >= 0.3 is 0 Å². The average molecular weight is 463 g/mol. The van der Waals surface area contributed by atoms with Crippen molar-refractivity contribution in [2.24, 2.45) is 0 Å². The minimum absolute atomic E-state index is 0.0572. The molecular weight excluding hydrogens is 446 g/mol. The van der Waals surface area contributed by atoms with E-state index in [0.29, 0.717) is 22.1 Å². The maximum atomic E-state index is 12.5. The normalized spacial score (nSPS) is 10.6. The molecule has 1 aromatic heterocycles. The Hall–Kier alpha value is -2.71. The number of carbonyl (C=O) groups is 2. The summed E-state index contributed by atoms with van der Waals surface area (Å²) in [6.45, 7) is 3.44. The third-order valence-corrected chi connectivity index (χ3v) is 5.07. The highest BCUT2D eigenvalue weighted by Gasteiger charge is 2.19. The highest BCUT2D eigenvalue weighted by atomic mass is 79.9. The van der Waals surface area contributed by atoms with Gasteiger partial charge in [-0.15, -0.1) is 5.10 Å². The Bertz CT molecular complexity index is 1030. The Morgan fingerprint density at radius 3 is 2.54 bits per heavy atom. The summed E-state index contributed by atoms with van der Waals surface area (Å²) in [5, 5.41) is 14.0. The highest BCUT2D eigenvalue weighted by molar-refractivity contribution is 9.10. The maximum Gasteiger partial charge on any atom is 0.278 e. The summed E-state index contributed by atoms with van der Waals surface area (Å²) in [7, 11) is 0. The van der Waals surface area contributed by atoms with E-state index in [1.165, 1.54) is 4.68 Å². The van der Waals surface area contributed by atoms with Crippen LogP contribution < -0.4 is 10.6 Å². The van der Waals surface area contributed by atoms with Gasteiger partial charge in [-0.1, -0.05) is 38.8 Å². The minimum Gasteiger partial charge on any atom is -0.324 e. The van der Waals surface area contributed by atoms with E-state index in [-0.39, 0.29) is 18.1 Å². The van der Waals surface area contributed by atoms with Crippen LogP contribution in [0.1, 0.15) is 21.7 Å². The smallest absolute Gasteiger partial charge is 0.278 e. The molecule has 0 saturated carbocycles. The molecule has 0 aliphatic heterocycles. The Labute approximate surface area is 175 Å². The lowest BCUT2D eigenvalue weighted by Crippen LogP contribution is -2.21. The van der Waals surface area contributed by atoms with Crippen molar-refractivity contribution in [3.8, 4) is 0 Å². The molecule has 7 nitrogen and oxygen atoms in total. The number of benzene rings is 2. The quantitative estimate of drug-likeness (QED) is 0.595. The molecule has 3 aromatic rings. The molecule has 0 saturated heterocycles. The van der Waals surface area contributed by atoms with Gasteiger partial charge in [0.15, 0.2) is 5.69 Å². The maximum absolute atomic E-state index is 12.5. The van der Waals surface area contributed by atoms with Crippen LogP contribution in [0.25, 0.3) is 0 Å². The van der Waals surface area contributed by atoms with Crippen LogP contribution in [0.15, 0.2) is 46.9 Å². The number of halogens is 2. The topological polar surface area (TPSA) is 88.9 Å². The molecule has 3 rings (SSSR count). The zero-order valence-electron chi connectivity index (χ0n) is 15.2. The summed E-state index contributed by atoms with van der Waals surface area (Å²) >= 11 is 9.42. The van der Waals surface area contributed by atoms with Crippen LogP contribution in [-0.2, 0) is 11.3 Å². The third kappa shape index (κ3) is 4.58. The van der Waals surface area contributed by atoms with E-state index in [1.807, 2.05) is 19.1 Å². The Kier molecular flexibility index (Phi) is 6.11. The second-order valence-electron chi connectivity index (χ2n) is 6.10. The minimum atomic E-state index is -0.414. The Morgan fingerprint density at radius 1 is 1.11 bits per heavy atom. The van der Waals surface area contributed by atoms with Crippen molar-refractivity contribution in [2.45, 2.75) is 20.4 Å². The Morgan fingerprint density at radius 2 is 1.82 bits per heavy atom. The number of anilines is 2. The first kappa shape index (κ1) is 20.0. The van der Waals surface area contributed by atoms with E-state index in [4.69, 9.17) is 11.6 Å². The second-order valence-corrected chi connectivity index (χ2v) is 7.43. The zero-order chi connectivity index (χ0) is 20.3. The fourth-order valence-electron chi connectivity index (χ4n) is 2.51. The number of hydrogen-bond donors (Lipinski definition) is 2. The van der Waals surface area contributed by atoms with Gasteiger partial charge in [0.25, 0.3) is 5.91 Å². The molecule has 0 aliphatic rings. The van der Waals surface area contributed by atoms with E-state index in [9.17, 15) is 9.59 Å². The van der Waals surface area contributed by atoms with Crippen molar-refractivity contribution in [1.29, 1.82) is 0 Å². The van der Waals surface area contributed by atoms with Crippen LogP contribution in [0, 0.1) is 13.8 Å². The monoisotopic (exact) mass is 461 g/mol. The molecule has 28 heavy (non-hydrogen) atoms. The van der Waals surface area contributed by atoms with Gasteiger partial charge in [0.2, 0.25) is 5.91 Å². The van der Waals surface area contributed by atoms with Gasteiger partial charge < -0.3 is 10.6 Å². The lowest BCUT2D eigenvalue weighted by molar-refractivity contribution is -0.117. The van der Waals surface area contributed by atoms with Gasteiger partial charge in [-0.2, -0.15) is 0 Å². The van der Waals surface area contributed by atoms with Crippen molar-refractivity contribution in [3.05, 3.63) is 68.9 Å². The molecule has 2 aromatic carbocycles. The van der Waals surface area contributed by atoms with Crippen molar-refractivity contribution >= 4 is 50.7 Å². The molecule has 0 unspecified atom stereocenters. The second kappa shape index (κ2) is 8.53. The van der Waals surface area contributed by atoms with E-state index < -0.39 is 5.91 Å². The number of nitrogens with zero attached hydrogens (tertiary/aromatic N) is 3. The summed E-state index contributed by atoms with van der Waals surface area (Å²) in [6, 6.07) is 12.5. The molecule has 1 heterocycles. The predicted molar refractivity (Wildman–Crippen MR) is 112 cm³/mol. The zero-order valence-corrected chi connectivity index (χ0v) is 17.5. The van der Waals surface area contributed by atoms with Crippen LogP contribution >= 0.6 is 27.5 Å². The number of carbonyl (C=O) groups excluding carboxylic acids is 2. The van der Waals surface area contributed by atoms with Gasteiger partial charge in [-0.3, -0.25) is 9.59 Å². The molecule has 0 radical (unpaired) electrons. The van der Waals surface area contributed by atoms with E-state index in [0.717, 1.165) is 10.0 Å². The predicted octanol–water partition coefficient (Wildman–Crippen LogP) is 4.20. The van der Waals surface area contributed by atoms with Crippen LogP contribution in [0.5, 0.6) is 0 Å². The van der Waals surface area contributed by atoms with E-state index in [1.54, 1.807) is 37.3 Å². The summed E-state index contributed by atoms with van der Waals surface area (Å²) in [6.07, 6.45) is 0. The summed E-state index contributed by atoms with van der Waals surface area (Å²) in [5.41, 5.74) is 2.66. The summed E-state index contributed by atoms with van der Waals surface area (Å²) in [5.74, 6) is -0.685. The number of hydrogen-bond acceptors (Lipinski definition) is 4. The molecule has 0 aliphatic carbocycles. The van der Waals surface area contributed by atoms with Crippen molar-refractivity contribution < 1.29 is 9.59 Å². The standard InChI is InChI=1S/C19H17BrClN5O2/c1-11-15(21)4-3-5-16(11)23-19(28)18-12(2)26(25-24-18)10-17(27)22-14-8-6-13(20)7-9-14/h3-9H,10H2,1-2H3,(H,22,27)(H,23,28). The van der Waals surface area contributed by atoms with E-state index in [2.05, 4.69) is 36.9 Å². The summed E-state index contributed by atoms with van der Waals surface area (Å²) in [4.78, 5) is 24.8. The molecule has 0 bridgehead atoms. The molecule has 0 fully saturated rings. The van der Waals surface area contributed by atoms with Crippen LogP contribution in [0.3, 0.4) is 0 Å².